The summed E-state index contributed by atoms with van der Waals surface area (Å²) in [5.74, 6) is -2.55. The molecule has 1 atom stereocenters. The molecule has 1 unspecified atom stereocenters. The Morgan fingerprint density at radius 2 is 0.889 bits per heavy atom. The maximum absolute atomic E-state index is 12.3. The van der Waals surface area contributed by atoms with Crippen molar-refractivity contribution in [3.8, 4) is 0 Å². The highest BCUT2D eigenvalue weighted by atomic mass is 32.2. The van der Waals surface area contributed by atoms with Crippen molar-refractivity contribution >= 4 is 32.2 Å². The summed E-state index contributed by atoms with van der Waals surface area (Å²) in [4.78, 5) is 24.1. The van der Waals surface area contributed by atoms with Crippen LogP contribution in [0.4, 0.5) is 0 Å². The largest absolute Gasteiger partial charge is 0.460 e. The van der Waals surface area contributed by atoms with Crippen LogP contribution in [-0.2, 0) is 41.2 Å². The van der Waals surface area contributed by atoms with E-state index in [2.05, 4.69) is 20.8 Å². The Morgan fingerprint density at radius 1 is 0.537 bits per heavy atom. The predicted molar refractivity (Wildman–Crippen MR) is 211 cm³/mol. The fraction of sp³-hybridized carbons (Fsp3) is 0.750. The van der Waals surface area contributed by atoms with Crippen LogP contribution in [0.1, 0.15) is 201 Å². The zero-order chi connectivity index (χ0) is 40.1. The Kier molecular flexibility index (Phi) is 27.0. The summed E-state index contributed by atoms with van der Waals surface area (Å²) in [6.07, 6.45) is 26.6. The Balaban J connectivity index is 0.000000540. The summed E-state index contributed by atoms with van der Waals surface area (Å²) in [6.45, 7) is 6.90. The molecule has 0 radical (unpaired) electrons. The third-order valence-corrected chi connectivity index (χ3v) is 10.2. The molecule has 0 saturated heterocycles. The van der Waals surface area contributed by atoms with E-state index in [0.29, 0.717) is 6.61 Å². The minimum atomic E-state index is -4.20. The smallest absolute Gasteiger partial charge is 0.374 e. The molecule has 0 aliphatic carbocycles. The topological polar surface area (TPSA) is 188 Å². The van der Waals surface area contributed by atoms with Gasteiger partial charge in [0.15, 0.2) is 0 Å². The quantitative estimate of drug-likeness (QED) is 0.0417. The maximum atomic E-state index is 12.3. The van der Waals surface area contributed by atoms with Crippen LogP contribution in [0.3, 0.4) is 0 Å². The summed E-state index contributed by atoms with van der Waals surface area (Å²) >= 11 is 0. The van der Waals surface area contributed by atoms with Gasteiger partial charge in [0.25, 0.3) is 20.2 Å². The predicted octanol–water partition coefficient (Wildman–Crippen LogP) is 11.0. The molecular formula is C40H68O12S2. The number of rotatable bonds is 31. The van der Waals surface area contributed by atoms with Crippen molar-refractivity contribution in [2.75, 3.05) is 6.61 Å². The standard InChI is InChI=1S/2C20H34O6S/c1-3-5-7-9-11-13-17(12-10-8-6-4-2)26-20(21)19-15-14-18(25-19)16-27(22,23)24;1-2-3-4-5-6-7-8-9-10-11-12-13-16-25-20(21)19-15-14-18(26-19)17-27(22,23)24/h14-15,17H,3-13,16H2,1-2H3,(H,22,23,24);14-15H,2-13,16-17H2,1H3,(H,22,23,24). The Bertz CT molecular complexity index is 1480. The molecule has 0 aliphatic heterocycles. The van der Waals surface area contributed by atoms with Gasteiger partial charge in [-0.1, -0.05) is 136 Å². The van der Waals surface area contributed by atoms with Crippen LogP contribution in [0.25, 0.3) is 0 Å². The van der Waals surface area contributed by atoms with E-state index in [1.807, 2.05) is 0 Å². The van der Waals surface area contributed by atoms with Crippen LogP contribution in [-0.4, -0.2) is 50.6 Å². The van der Waals surface area contributed by atoms with Gasteiger partial charge in [0.2, 0.25) is 11.5 Å². The highest BCUT2D eigenvalue weighted by molar-refractivity contribution is 7.85. The lowest BCUT2D eigenvalue weighted by atomic mass is 10.0. The molecule has 2 aromatic rings. The van der Waals surface area contributed by atoms with Crippen molar-refractivity contribution < 1.29 is 53.8 Å². The number of hydrogen-bond donors (Lipinski definition) is 2. The van der Waals surface area contributed by atoms with E-state index < -0.39 is 43.7 Å². The van der Waals surface area contributed by atoms with E-state index in [1.54, 1.807) is 0 Å². The lowest BCUT2D eigenvalue weighted by Crippen LogP contribution is -2.18. The van der Waals surface area contributed by atoms with Gasteiger partial charge >= 0.3 is 11.9 Å². The van der Waals surface area contributed by atoms with E-state index >= 15 is 0 Å². The van der Waals surface area contributed by atoms with Crippen LogP contribution < -0.4 is 0 Å². The van der Waals surface area contributed by atoms with Crippen LogP contribution in [0.5, 0.6) is 0 Å². The van der Waals surface area contributed by atoms with Crippen molar-refractivity contribution in [3.05, 3.63) is 47.3 Å². The Labute approximate surface area is 325 Å². The van der Waals surface area contributed by atoms with Crippen LogP contribution in [0.2, 0.25) is 0 Å². The van der Waals surface area contributed by atoms with Gasteiger partial charge in [0.1, 0.15) is 29.1 Å². The first-order valence-corrected chi connectivity index (χ1v) is 23.5. The third-order valence-electron chi connectivity index (χ3n) is 8.89. The van der Waals surface area contributed by atoms with Gasteiger partial charge < -0.3 is 18.3 Å². The molecule has 312 valence electrons. The van der Waals surface area contributed by atoms with Crippen LogP contribution >= 0.6 is 0 Å². The normalized spacial score (nSPS) is 12.2. The molecule has 14 heteroatoms. The molecule has 0 bridgehead atoms. The maximum Gasteiger partial charge on any atom is 0.374 e. The molecule has 0 amide bonds. The molecule has 0 spiro atoms. The summed E-state index contributed by atoms with van der Waals surface area (Å²) in [7, 11) is -8.37. The first-order valence-electron chi connectivity index (χ1n) is 20.2. The van der Waals surface area contributed by atoms with Gasteiger partial charge in [-0.15, -0.1) is 0 Å². The van der Waals surface area contributed by atoms with E-state index in [9.17, 15) is 26.4 Å². The number of esters is 2. The molecule has 2 N–H and O–H groups in total. The number of carbonyl (C=O) groups is 2. The second kappa shape index (κ2) is 29.6. The molecule has 2 heterocycles. The van der Waals surface area contributed by atoms with Crippen molar-refractivity contribution in [2.45, 2.75) is 186 Å². The average Bonchev–Trinajstić information content (AvgIpc) is 3.77. The van der Waals surface area contributed by atoms with E-state index in [0.717, 1.165) is 64.2 Å². The number of carbonyl (C=O) groups excluding carboxylic acids is 2. The number of furan rings is 2. The molecular weight excluding hydrogens is 737 g/mol. The number of hydrogen-bond acceptors (Lipinski definition) is 10. The summed E-state index contributed by atoms with van der Waals surface area (Å²) in [5.41, 5.74) is 0. The fourth-order valence-electron chi connectivity index (χ4n) is 5.91. The van der Waals surface area contributed by atoms with Crippen molar-refractivity contribution in [1.82, 2.24) is 0 Å². The fourth-order valence-corrected chi connectivity index (χ4v) is 6.94. The van der Waals surface area contributed by atoms with Gasteiger partial charge in [-0.05, 0) is 56.4 Å². The zero-order valence-electron chi connectivity index (χ0n) is 33.1. The second-order valence-corrected chi connectivity index (χ2v) is 17.0. The molecule has 2 aromatic heterocycles. The molecule has 12 nitrogen and oxygen atoms in total. The second-order valence-electron chi connectivity index (χ2n) is 14.1. The lowest BCUT2D eigenvalue weighted by molar-refractivity contribution is 0.0212. The molecule has 0 saturated carbocycles. The Morgan fingerprint density at radius 3 is 1.30 bits per heavy atom. The summed E-state index contributed by atoms with van der Waals surface area (Å²) in [5, 5.41) is 0. The van der Waals surface area contributed by atoms with E-state index in [-0.39, 0.29) is 29.1 Å². The van der Waals surface area contributed by atoms with Crippen molar-refractivity contribution in [3.63, 3.8) is 0 Å². The Hall–Kier alpha value is -2.68. The van der Waals surface area contributed by atoms with E-state index in [4.69, 9.17) is 27.4 Å². The third kappa shape index (κ3) is 27.0. The summed E-state index contributed by atoms with van der Waals surface area (Å²) < 4.78 is 82.0. The van der Waals surface area contributed by atoms with Gasteiger partial charge in [0.05, 0.1) is 6.61 Å². The van der Waals surface area contributed by atoms with Crippen molar-refractivity contribution in [2.24, 2.45) is 0 Å². The SMILES string of the molecule is CCCCCCCC(CCCCCC)OC(=O)c1ccc(CS(=O)(=O)O)o1.CCCCCCCCCCCCCCOC(=O)c1ccc(CS(=O)(=O)O)o1. The average molecular weight is 805 g/mol. The highest BCUT2D eigenvalue weighted by Gasteiger charge is 2.20. The van der Waals surface area contributed by atoms with Gasteiger partial charge in [-0.3, -0.25) is 9.11 Å². The molecule has 0 aliphatic rings. The van der Waals surface area contributed by atoms with Crippen LogP contribution in [0.15, 0.2) is 33.1 Å². The van der Waals surface area contributed by atoms with Gasteiger partial charge in [-0.2, -0.15) is 16.8 Å². The first kappa shape index (κ1) is 49.3. The molecule has 0 fully saturated rings. The van der Waals surface area contributed by atoms with Gasteiger partial charge in [-0.25, -0.2) is 9.59 Å². The lowest BCUT2D eigenvalue weighted by Gasteiger charge is -2.17. The van der Waals surface area contributed by atoms with Crippen LogP contribution in [0, 0.1) is 0 Å². The first-order chi connectivity index (χ1) is 25.8. The highest BCUT2D eigenvalue weighted by Crippen LogP contribution is 2.20. The van der Waals surface area contributed by atoms with E-state index in [1.165, 1.54) is 108 Å². The number of ether oxygens (including phenoxy) is 2. The molecule has 2 rings (SSSR count). The molecule has 54 heavy (non-hydrogen) atoms. The summed E-state index contributed by atoms with van der Waals surface area (Å²) in [6, 6.07) is 5.45. The number of unbranched alkanes of at least 4 members (excludes halogenated alkanes) is 18. The zero-order valence-corrected chi connectivity index (χ0v) is 34.7. The van der Waals surface area contributed by atoms with Crippen molar-refractivity contribution in [1.29, 1.82) is 0 Å². The minimum Gasteiger partial charge on any atom is -0.460 e. The molecule has 0 aromatic carbocycles. The van der Waals surface area contributed by atoms with Gasteiger partial charge in [0, 0.05) is 0 Å². The monoisotopic (exact) mass is 804 g/mol. The minimum absolute atomic E-state index is 0.00909.